The molecule has 0 atom stereocenters. The van der Waals surface area contributed by atoms with E-state index in [-0.39, 0.29) is 11.5 Å². The van der Waals surface area contributed by atoms with Gasteiger partial charge in [0.25, 0.3) is 5.91 Å². The van der Waals surface area contributed by atoms with Crippen molar-refractivity contribution in [2.45, 2.75) is 6.92 Å². The fourth-order valence-electron chi connectivity index (χ4n) is 3.28. The van der Waals surface area contributed by atoms with Gasteiger partial charge in [-0.2, -0.15) is 5.26 Å². The van der Waals surface area contributed by atoms with Gasteiger partial charge in [-0.05, 0) is 35.0 Å². The minimum Gasteiger partial charge on any atom is -0.443 e. The number of nitriles is 1. The Bertz CT molecular complexity index is 1030. The maximum absolute atomic E-state index is 13.1. The van der Waals surface area contributed by atoms with E-state index in [2.05, 4.69) is 32.0 Å². The highest BCUT2D eigenvalue weighted by molar-refractivity contribution is 9.10. The Labute approximate surface area is 170 Å². The second-order valence-electron chi connectivity index (χ2n) is 6.40. The largest absolute Gasteiger partial charge is 0.443 e. The molecule has 1 saturated heterocycles. The molecule has 9 heteroatoms. The molecule has 1 fully saturated rings. The van der Waals surface area contributed by atoms with E-state index >= 15 is 0 Å². The zero-order valence-electron chi connectivity index (χ0n) is 15.2. The molecule has 0 aliphatic carbocycles. The number of aromatic nitrogens is 3. The lowest BCUT2D eigenvalue weighted by atomic mass is 10.1. The Kier molecular flexibility index (Phi) is 4.88. The molecule has 28 heavy (non-hydrogen) atoms. The molecule has 1 aliphatic heterocycles. The Hall–Kier alpha value is -3.12. The van der Waals surface area contributed by atoms with Crippen LogP contribution in [0.25, 0.3) is 5.88 Å². The lowest BCUT2D eigenvalue weighted by Gasteiger charge is -2.34. The Morgan fingerprint density at radius 2 is 1.82 bits per heavy atom. The number of anilines is 1. The van der Waals surface area contributed by atoms with Gasteiger partial charge in [0.1, 0.15) is 23.0 Å². The Balaban J connectivity index is 1.53. The van der Waals surface area contributed by atoms with Crippen LogP contribution in [0.15, 0.2) is 45.8 Å². The third-order valence-corrected chi connectivity index (χ3v) is 5.10. The van der Waals surface area contributed by atoms with Gasteiger partial charge in [-0.15, -0.1) is 0 Å². The van der Waals surface area contributed by atoms with Crippen molar-refractivity contribution in [1.29, 1.82) is 5.26 Å². The maximum Gasteiger partial charge on any atom is 0.258 e. The van der Waals surface area contributed by atoms with Crippen molar-refractivity contribution >= 4 is 27.8 Å². The fraction of sp³-hybridized carbons (Fsp3) is 0.263. The molecule has 1 aliphatic rings. The molecule has 3 aromatic heterocycles. The van der Waals surface area contributed by atoms with Crippen LogP contribution in [0.4, 0.5) is 5.95 Å². The van der Waals surface area contributed by atoms with Crippen molar-refractivity contribution in [3.63, 3.8) is 0 Å². The van der Waals surface area contributed by atoms with E-state index in [4.69, 9.17) is 4.42 Å². The first-order valence-corrected chi connectivity index (χ1v) is 9.56. The summed E-state index contributed by atoms with van der Waals surface area (Å²) in [6, 6.07) is 5.81. The first-order chi connectivity index (χ1) is 13.6. The number of carbonyl (C=O) groups is 1. The summed E-state index contributed by atoms with van der Waals surface area (Å²) in [6.07, 6.45) is 6.97. The molecular formula is C19H17BrN6O2. The quantitative estimate of drug-likeness (QED) is 0.621. The second kappa shape index (κ2) is 7.48. The molecule has 142 valence electrons. The predicted octanol–water partition coefficient (Wildman–Crippen LogP) is 2.77. The van der Waals surface area contributed by atoms with Gasteiger partial charge in [0.05, 0.1) is 4.47 Å². The van der Waals surface area contributed by atoms with Crippen LogP contribution in [-0.2, 0) is 0 Å². The summed E-state index contributed by atoms with van der Waals surface area (Å²) in [5.74, 6) is 1.27. The number of rotatable bonds is 3. The van der Waals surface area contributed by atoms with Crippen molar-refractivity contribution < 1.29 is 9.21 Å². The van der Waals surface area contributed by atoms with Gasteiger partial charge >= 0.3 is 0 Å². The van der Waals surface area contributed by atoms with Crippen molar-refractivity contribution in [2.24, 2.45) is 0 Å². The first-order valence-electron chi connectivity index (χ1n) is 8.77. The number of amides is 1. The molecule has 0 aromatic carbocycles. The fourth-order valence-corrected chi connectivity index (χ4v) is 3.48. The van der Waals surface area contributed by atoms with Crippen molar-refractivity contribution in [1.82, 2.24) is 19.4 Å². The van der Waals surface area contributed by atoms with Crippen molar-refractivity contribution in [3.05, 3.63) is 58.3 Å². The lowest BCUT2D eigenvalue weighted by Crippen LogP contribution is -2.49. The summed E-state index contributed by atoms with van der Waals surface area (Å²) in [6.45, 7) is 4.00. The number of carbonyl (C=O) groups excluding carboxylic acids is 1. The number of piperazine rings is 1. The molecular weight excluding hydrogens is 424 g/mol. The lowest BCUT2D eigenvalue weighted by molar-refractivity contribution is 0.0744. The number of hydrogen-bond donors (Lipinski definition) is 0. The highest BCUT2D eigenvalue weighted by atomic mass is 79.9. The Morgan fingerprint density at radius 1 is 1.18 bits per heavy atom. The van der Waals surface area contributed by atoms with E-state index in [0.29, 0.717) is 49.3 Å². The van der Waals surface area contributed by atoms with E-state index in [0.717, 1.165) is 4.47 Å². The summed E-state index contributed by atoms with van der Waals surface area (Å²) in [7, 11) is 0. The molecule has 0 spiro atoms. The van der Waals surface area contributed by atoms with E-state index in [1.54, 1.807) is 41.2 Å². The van der Waals surface area contributed by atoms with Crippen LogP contribution in [0.2, 0.25) is 0 Å². The molecule has 8 nitrogen and oxygen atoms in total. The van der Waals surface area contributed by atoms with Gasteiger partial charge in [0.2, 0.25) is 11.8 Å². The minimum absolute atomic E-state index is 0.187. The molecule has 0 saturated carbocycles. The predicted molar refractivity (Wildman–Crippen MR) is 105 cm³/mol. The van der Waals surface area contributed by atoms with E-state index in [9.17, 15) is 10.1 Å². The second-order valence-corrected chi connectivity index (χ2v) is 7.31. The Morgan fingerprint density at radius 3 is 2.43 bits per heavy atom. The number of hydrogen-bond acceptors (Lipinski definition) is 6. The molecule has 0 unspecified atom stereocenters. The summed E-state index contributed by atoms with van der Waals surface area (Å²) < 4.78 is 8.27. The SMILES string of the molecule is Cc1oc(-n2cccc2)c(C#N)c1C(=O)N1CCN(c2ncc(Br)cn2)CC1. The highest BCUT2D eigenvalue weighted by Gasteiger charge is 2.30. The van der Waals surface area contributed by atoms with Gasteiger partial charge in [0, 0.05) is 51.0 Å². The van der Waals surface area contributed by atoms with Crippen LogP contribution in [-0.4, -0.2) is 51.5 Å². The molecule has 1 amide bonds. The van der Waals surface area contributed by atoms with Crippen LogP contribution >= 0.6 is 15.9 Å². The summed E-state index contributed by atoms with van der Waals surface area (Å²) in [5.41, 5.74) is 0.594. The molecule has 0 N–H and O–H groups in total. The third-order valence-electron chi connectivity index (χ3n) is 4.69. The smallest absolute Gasteiger partial charge is 0.258 e. The number of furan rings is 1. The van der Waals surface area contributed by atoms with Crippen LogP contribution in [0.1, 0.15) is 21.7 Å². The van der Waals surface area contributed by atoms with Gasteiger partial charge in [-0.3, -0.25) is 9.36 Å². The number of halogens is 1. The molecule has 0 bridgehead atoms. The van der Waals surface area contributed by atoms with Gasteiger partial charge < -0.3 is 14.2 Å². The summed E-state index contributed by atoms with van der Waals surface area (Å²) >= 11 is 3.33. The highest BCUT2D eigenvalue weighted by Crippen LogP contribution is 2.27. The van der Waals surface area contributed by atoms with Crippen LogP contribution in [0.5, 0.6) is 0 Å². The van der Waals surface area contributed by atoms with Crippen LogP contribution in [0.3, 0.4) is 0 Å². The number of aryl methyl sites for hydroxylation is 1. The minimum atomic E-state index is -0.187. The zero-order valence-corrected chi connectivity index (χ0v) is 16.8. The summed E-state index contributed by atoms with van der Waals surface area (Å²) in [5, 5.41) is 9.65. The molecule has 4 rings (SSSR count). The van der Waals surface area contributed by atoms with E-state index < -0.39 is 0 Å². The van der Waals surface area contributed by atoms with Crippen LogP contribution < -0.4 is 4.90 Å². The standard InChI is InChI=1S/C19H17BrN6O2/c1-13-16(15(10-21)18(28-13)25-4-2-3-5-25)17(27)24-6-8-26(9-7-24)19-22-11-14(20)12-23-19/h2-5,11-12H,6-9H2,1H3. The monoisotopic (exact) mass is 440 g/mol. The van der Waals surface area contributed by atoms with Crippen molar-refractivity contribution in [3.8, 4) is 12.0 Å². The van der Waals surface area contributed by atoms with Gasteiger partial charge in [-0.25, -0.2) is 9.97 Å². The van der Waals surface area contributed by atoms with Gasteiger partial charge in [0.15, 0.2) is 0 Å². The molecule has 0 radical (unpaired) electrons. The zero-order chi connectivity index (χ0) is 19.7. The van der Waals surface area contributed by atoms with E-state index in [1.165, 1.54) is 0 Å². The first kappa shape index (κ1) is 18.3. The van der Waals surface area contributed by atoms with Crippen molar-refractivity contribution in [2.75, 3.05) is 31.1 Å². The molecule has 4 heterocycles. The van der Waals surface area contributed by atoms with Crippen LogP contribution in [0, 0.1) is 18.3 Å². The normalized spacial score (nSPS) is 14.2. The maximum atomic E-state index is 13.1. The topological polar surface area (TPSA) is 91.2 Å². The number of nitrogens with zero attached hydrogens (tertiary/aromatic N) is 6. The van der Waals surface area contributed by atoms with Gasteiger partial charge in [-0.1, -0.05) is 0 Å². The van der Waals surface area contributed by atoms with E-state index in [1.807, 2.05) is 17.0 Å². The molecule has 3 aromatic rings. The summed E-state index contributed by atoms with van der Waals surface area (Å²) in [4.78, 5) is 25.5. The average molecular weight is 441 g/mol. The average Bonchev–Trinajstić information content (AvgIpc) is 3.35. The third kappa shape index (κ3) is 3.27.